The SMILES string of the molecule is C\C=C/C=C\C(=C\C)c1cc(C)c(-c2ccc3c4cccc5c6ccccc6n(c3c2N/C(C)=C(C)/C=C2\C(=C/C)C(C)(C)CCC2(C)C)c54)cc1C1CC1. The number of hydrogen-bond acceptors (Lipinski definition) is 1. The Morgan fingerprint density at radius 1 is 0.745 bits per heavy atom. The van der Waals surface area contributed by atoms with Gasteiger partial charge in [-0.1, -0.05) is 125 Å². The van der Waals surface area contributed by atoms with Gasteiger partial charge in [-0.15, -0.1) is 0 Å². The molecule has 0 aliphatic heterocycles. The van der Waals surface area contributed by atoms with Crippen molar-refractivity contribution < 1.29 is 0 Å². The summed E-state index contributed by atoms with van der Waals surface area (Å²) in [7, 11) is 0. The van der Waals surface area contributed by atoms with Crippen molar-refractivity contribution in [2.45, 2.75) is 101 Å². The number of fused-ring (bicyclic) bond motifs is 6. The lowest BCUT2D eigenvalue weighted by atomic mass is 9.60. The van der Waals surface area contributed by atoms with Crippen LogP contribution in [0.1, 0.15) is 111 Å². The minimum atomic E-state index is 0.112. The number of aromatic nitrogens is 1. The first kappa shape index (κ1) is 36.9. The van der Waals surface area contributed by atoms with Crippen LogP contribution in [0.4, 0.5) is 5.69 Å². The zero-order valence-electron chi connectivity index (χ0n) is 34.7. The molecule has 8 rings (SSSR count). The van der Waals surface area contributed by atoms with E-state index in [1.165, 1.54) is 125 Å². The van der Waals surface area contributed by atoms with E-state index in [2.05, 4.69) is 188 Å². The Morgan fingerprint density at radius 2 is 1.42 bits per heavy atom. The van der Waals surface area contributed by atoms with Gasteiger partial charge < -0.3 is 9.72 Å². The number of benzene rings is 4. The first-order valence-corrected chi connectivity index (χ1v) is 20.5. The molecule has 0 saturated heterocycles. The molecule has 0 atom stereocenters. The van der Waals surface area contributed by atoms with Gasteiger partial charge in [-0.25, -0.2) is 0 Å². The van der Waals surface area contributed by atoms with Crippen LogP contribution in [0, 0.1) is 17.8 Å². The molecule has 2 nitrogen and oxygen atoms in total. The molecule has 1 N–H and O–H groups in total. The Kier molecular flexibility index (Phi) is 9.31. The number of nitrogens with zero attached hydrogens (tertiary/aromatic N) is 1. The van der Waals surface area contributed by atoms with Gasteiger partial charge in [0.05, 0.1) is 22.2 Å². The van der Waals surface area contributed by atoms with Gasteiger partial charge in [0, 0.05) is 32.8 Å². The van der Waals surface area contributed by atoms with Gasteiger partial charge in [0.2, 0.25) is 0 Å². The van der Waals surface area contributed by atoms with E-state index in [1.54, 1.807) is 0 Å². The standard InChI is InChI=1S/C53H58N2/c1-11-14-15-19-36(12-2)44-30-34(5)43(32-45(44)37-24-25-37)39-26-27-42-41-22-18-21-40-38-20-16-17-23-48(38)55(50(40)41)51(42)49(39)54-35(6)33(4)31-47-46(13-3)52(7,8)28-29-53(47,9)10/h11-23,26-27,30-32,37,54H,24-25,28-29H2,1-10H3/b14-11-,19-15-,35-33+,36-12-,46-13+,47-31+. The van der Waals surface area contributed by atoms with Gasteiger partial charge in [-0.2, -0.15) is 0 Å². The van der Waals surface area contributed by atoms with Crippen LogP contribution < -0.4 is 5.32 Å². The van der Waals surface area contributed by atoms with Crippen LogP contribution in [0.25, 0.3) is 54.8 Å². The molecule has 6 aromatic rings. The summed E-state index contributed by atoms with van der Waals surface area (Å²) in [4.78, 5) is 0. The molecular formula is C53H58N2. The Hall–Kier alpha value is -5.08. The summed E-state index contributed by atoms with van der Waals surface area (Å²) in [5, 5.41) is 9.36. The average Bonchev–Trinajstić information content (AvgIpc) is 3.89. The van der Waals surface area contributed by atoms with Gasteiger partial charge in [0.1, 0.15) is 0 Å². The lowest BCUT2D eigenvalue weighted by Gasteiger charge is -2.44. The van der Waals surface area contributed by atoms with E-state index in [0.29, 0.717) is 5.92 Å². The van der Waals surface area contributed by atoms with Gasteiger partial charge in [0.25, 0.3) is 0 Å². The Morgan fingerprint density at radius 3 is 2.11 bits per heavy atom. The third-order valence-corrected chi connectivity index (χ3v) is 13.0. The molecule has 2 aliphatic carbocycles. The fourth-order valence-corrected chi connectivity index (χ4v) is 9.52. The summed E-state index contributed by atoms with van der Waals surface area (Å²) in [6.45, 7) is 23.0. The molecule has 2 aliphatic rings. The summed E-state index contributed by atoms with van der Waals surface area (Å²) in [5.41, 5.74) is 18.7. The molecule has 0 amide bonds. The second-order valence-electron chi connectivity index (χ2n) is 17.6. The highest BCUT2D eigenvalue weighted by atomic mass is 15.0. The van der Waals surface area contributed by atoms with Crippen LogP contribution >= 0.6 is 0 Å². The molecule has 0 spiro atoms. The number of rotatable bonds is 8. The summed E-state index contributed by atoms with van der Waals surface area (Å²) in [6, 6.07) is 25.5. The van der Waals surface area contributed by atoms with Gasteiger partial charge in [-0.3, -0.25) is 0 Å². The Bertz CT molecular complexity index is 2670. The minimum Gasteiger partial charge on any atom is -0.357 e. The van der Waals surface area contributed by atoms with E-state index in [-0.39, 0.29) is 10.8 Å². The van der Waals surface area contributed by atoms with E-state index in [4.69, 9.17) is 0 Å². The third-order valence-electron chi connectivity index (χ3n) is 13.0. The topological polar surface area (TPSA) is 16.4 Å². The fraction of sp³-hybridized carbons (Fsp3) is 0.321. The van der Waals surface area contributed by atoms with E-state index in [0.717, 1.165) is 0 Å². The van der Waals surface area contributed by atoms with Crippen LogP contribution in [0.2, 0.25) is 0 Å². The van der Waals surface area contributed by atoms with E-state index in [1.807, 2.05) is 0 Å². The van der Waals surface area contributed by atoms with Crippen molar-refractivity contribution in [2.75, 3.05) is 5.32 Å². The molecule has 0 bridgehead atoms. The normalized spacial score (nSPS) is 19.7. The molecule has 280 valence electrons. The summed E-state index contributed by atoms with van der Waals surface area (Å²) >= 11 is 0. The number of nitrogens with one attached hydrogen (secondary N) is 1. The van der Waals surface area contributed by atoms with E-state index in [9.17, 15) is 0 Å². The maximum absolute atomic E-state index is 4.15. The van der Waals surface area contributed by atoms with Crippen molar-refractivity contribution in [3.8, 4) is 11.1 Å². The number of aryl methyl sites for hydroxylation is 1. The molecule has 0 radical (unpaired) electrons. The van der Waals surface area contributed by atoms with Crippen LogP contribution in [0.5, 0.6) is 0 Å². The smallest absolute Gasteiger partial charge is 0.0783 e. The second kappa shape index (κ2) is 13.9. The largest absolute Gasteiger partial charge is 0.357 e. The zero-order chi connectivity index (χ0) is 38.8. The van der Waals surface area contributed by atoms with Gasteiger partial charge >= 0.3 is 0 Å². The monoisotopic (exact) mass is 722 g/mol. The molecule has 2 heteroatoms. The third kappa shape index (κ3) is 6.19. The van der Waals surface area contributed by atoms with Crippen LogP contribution in [-0.4, -0.2) is 4.40 Å². The quantitative estimate of drug-likeness (QED) is 0.155. The maximum Gasteiger partial charge on any atom is 0.0783 e. The van der Waals surface area contributed by atoms with Crippen LogP contribution in [-0.2, 0) is 0 Å². The highest BCUT2D eigenvalue weighted by molar-refractivity contribution is 6.25. The minimum absolute atomic E-state index is 0.112. The van der Waals surface area contributed by atoms with Crippen molar-refractivity contribution in [3.05, 3.63) is 148 Å². The van der Waals surface area contributed by atoms with Gasteiger partial charge in [0.15, 0.2) is 0 Å². The summed E-state index contributed by atoms with van der Waals surface area (Å²) in [6.07, 6.45) is 20.7. The van der Waals surface area contributed by atoms with E-state index < -0.39 is 0 Å². The Labute approximate surface area is 329 Å². The van der Waals surface area contributed by atoms with Crippen molar-refractivity contribution >= 4 is 49.4 Å². The predicted molar refractivity (Wildman–Crippen MR) is 241 cm³/mol. The molecule has 2 saturated carbocycles. The van der Waals surface area contributed by atoms with E-state index >= 15 is 0 Å². The highest BCUT2D eigenvalue weighted by Crippen LogP contribution is 2.53. The lowest BCUT2D eigenvalue weighted by Crippen LogP contribution is -2.32. The number of para-hydroxylation sites is 2. The van der Waals surface area contributed by atoms with Crippen LogP contribution in [0.15, 0.2) is 132 Å². The fourth-order valence-electron chi connectivity index (χ4n) is 9.52. The molecule has 55 heavy (non-hydrogen) atoms. The van der Waals surface area contributed by atoms with Crippen molar-refractivity contribution in [2.24, 2.45) is 10.8 Å². The maximum atomic E-state index is 4.15. The molecule has 4 aromatic carbocycles. The van der Waals surface area contributed by atoms with Crippen molar-refractivity contribution in [1.29, 1.82) is 0 Å². The number of allylic oxidation sites excluding steroid dienone is 12. The molecule has 2 aromatic heterocycles. The van der Waals surface area contributed by atoms with Crippen molar-refractivity contribution in [3.63, 3.8) is 0 Å². The second-order valence-corrected chi connectivity index (χ2v) is 17.6. The highest BCUT2D eigenvalue weighted by Gasteiger charge is 2.39. The average molecular weight is 723 g/mol. The zero-order valence-corrected chi connectivity index (χ0v) is 34.7. The lowest BCUT2D eigenvalue weighted by molar-refractivity contribution is 0.259. The molecule has 0 unspecified atom stereocenters. The van der Waals surface area contributed by atoms with Crippen LogP contribution in [0.3, 0.4) is 0 Å². The summed E-state index contributed by atoms with van der Waals surface area (Å²) in [5.74, 6) is 0.599. The van der Waals surface area contributed by atoms with Gasteiger partial charge in [-0.05, 0) is 141 Å². The molecule has 2 fully saturated rings. The number of anilines is 1. The number of hydrogen-bond donors (Lipinski definition) is 1. The summed E-state index contributed by atoms with van der Waals surface area (Å²) < 4.78 is 2.54. The first-order valence-electron chi connectivity index (χ1n) is 20.5. The predicted octanol–water partition coefficient (Wildman–Crippen LogP) is 15.6. The molecule has 2 heterocycles. The Balaban J connectivity index is 1.40. The first-order chi connectivity index (χ1) is 26.4. The van der Waals surface area contributed by atoms with Crippen molar-refractivity contribution in [1.82, 2.24) is 4.40 Å². The molecular weight excluding hydrogens is 665 g/mol.